The van der Waals surface area contributed by atoms with E-state index in [9.17, 15) is 4.79 Å². The fourth-order valence-electron chi connectivity index (χ4n) is 3.09. The van der Waals surface area contributed by atoms with Crippen LogP contribution in [0, 0.1) is 11.3 Å². The van der Waals surface area contributed by atoms with E-state index < -0.39 is 0 Å². The monoisotopic (exact) mass is 255 g/mol. The number of rotatable bonds is 5. The molecule has 1 rings (SSSR count). The first kappa shape index (κ1) is 14.8. The van der Waals surface area contributed by atoms with Crippen molar-refractivity contribution in [3.05, 3.63) is 0 Å². The lowest BCUT2D eigenvalue weighted by atomic mass is 9.77. The highest BCUT2D eigenvalue weighted by atomic mass is 16.4. The SMILES string of the molecule is CC(C)CC1(C(=O)N(C)CC(N)=NO)CCCC1. The molecular weight excluding hydrogens is 230 g/mol. The lowest BCUT2D eigenvalue weighted by molar-refractivity contribution is -0.140. The second-order valence-electron chi connectivity index (χ2n) is 5.84. The van der Waals surface area contributed by atoms with Crippen LogP contribution >= 0.6 is 0 Å². The van der Waals surface area contributed by atoms with Gasteiger partial charge in [0.2, 0.25) is 5.91 Å². The van der Waals surface area contributed by atoms with E-state index >= 15 is 0 Å². The molecular formula is C13H25N3O2. The molecule has 1 aliphatic rings. The molecule has 0 unspecified atom stereocenters. The summed E-state index contributed by atoms with van der Waals surface area (Å²) in [7, 11) is 1.72. The van der Waals surface area contributed by atoms with Crippen molar-refractivity contribution in [2.75, 3.05) is 13.6 Å². The summed E-state index contributed by atoms with van der Waals surface area (Å²) in [5, 5.41) is 11.5. The van der Waals surface area contributed by atoms with Gasteiger partial charge in [0, 0.05) is 12.5 Å². The molecule has 1 amide bonds. The van der Waals surface area contributed by atoms with Crippen molar-refractivity contribution in [1.82, 2.24) is 4.90 Å². The summed E-state index contributed by atoms with van der Waals surface area (Å²) in [5.74, 6) is 0.716. The van der Waals surface area contributed by atoms with Crippen molar-refractivity contribution in [3.63, 3.8) is 0 Å². The van der Waals surface area contributed by atoms with Crippen molar-refractivity contribution in [1.29, 1.82) is 0 Å². The molecule has 1 saturated carbocycles. The van der Waals surface area contributed by atoms with E-state index in [4.69, 9.17) is 10.9 Å². The molecule has 0 saturated heterocycles. The molecule has 104 valence electrons. The van der Waals surface area contributed by atoms with Crippen molar-refractivity contribution >= 4 is 11.7 Å². The van der Waals surface area contributed by atoms with Gasteiger partial charge in [0.15, 0.2) is 5.84 Å². The topological polar surface area (TPSA) is 78.9 Å². The summed E-state index contributed by atoms with van der Waals surface area (Å²) in [6.45, 7) is 4.49. The summed E-state index contributed by atoms with van der Waals surface area (Å²) < 4.78 is 0. The number of likely N-dealkylation sites (N-methyl/N-ethyl adjacent to an activating group) is 1. The lowest BCUT2D eigenvalue weighted by Gasteiger charge is -2.33. The zero-order valence-corrected chi connectivity index (χ0v) is 11.6. The Morgan fingerprint density at radius 1 is 1.44 bits per heavy atom. The number of amidine groups is 1. The quantitative estimate of drug-likeness (QED) is 0.340. The maximum atomic E-state index is 12.6. The van der Waals surface area contributed by atoms with Crippen LogP contribution in [0.1, 0.15) is 46.0 Å². The molecule has 0 atom stereocenters. The third kappa shape index (κ3) is 3.37. The number of carbonyl (C=O) groups is 1. The molecule has 0 heterocycles. The van der Waals surface area contributed by atoms with Crippen LogP contribution in [-0.2, 0) is 4.79 Å². The van der Waals surface area contributed by atoms with Gasteiger partial charge in [0.25, 0.3) is 0 Å². The van der Waals surface area contributed by atoms with Gasteiger partial charge in [0.1, 0.15) is 0 Å². The number of hydrogen-bond acceptors (Lipinski definition) is 3. The van der Waals surface area contributed by atoms with Crippen molar-refractivity contribution in [3.8, 4) is 0 Å². The summed E-state index contributed by atoms with van der Waals surface area (Å²) in [5.41, 5.74) is 5.24. The van der Waals surface area contributed by atoms with Crippen molar-refractivity contribution in [2.45, 2.75) is 46.0 Å². The largest absolute Gasteiger partial charge is 0.409 e. The van der Waals surface area contributed by atoms with E-state index in [0.717, 1.165) is 32.1 Å². The number of nitrogens with zero attached hydrogens (tertiary/aromatic N) is 2. The Morgan fingerprint density at radius 2 is 2.00 bits per heavy atom. The molecule has 0 bridgehead atoms. The van der Waals surface area contributed by atoms with Crippen LogP contribution in [0.5, 0.6) is 0 Å². The van der Waals surface area contributed by atoms with E-state index in [1.54, 1.807) is 11.9 Å². The van der Waals surface area contributed by atoms with Gasteiger partial charge >= 0.3 is 0 Å². The first-order chi connectivity index (χ1) is 8.41. The third-order valence-electron chi connectivity index (χ3n) is 3.69. The lowest BCUT2D eigenvalue weighted by Crippen LogP contribution is -2.44. The Kier molecular flexibility index (Phi) is 4.99. The Balaban J connectivity index is 2.76. The van der Waals surface area contributed by atoms with Gasteiger partial charge in [-0.1, -0.05) is 31.8 Å². The molecule has 18 heavy (non-hydrogen) atoms. The minimum atomic E-state index is -0.224. The van der Waals surface area contributed by atoms with Crippen molar-refractivity contribution < 1.29 is 10.0 Å². The van der Waals surface area contributed by atoms with Crippen LogP contribution in [0.4, 0.5) is 0 Å². The van der Waals surface area contributed by atoms with Gasteiger partial charge in [-0.15, -0.1) is 0 Å². The summed E-state index contributed by atoms with van der Waals surface area (Å²) in [6.07, 6.45) is 5.09. The number of oxime groups is 1. The standard InChI is InChI=1S/C13H25N3O2/c1-10(2)8-13(6-4-5-7-13)12(17)16(3)9-11(14)15-18/h10,18H,4-9H2,1-3H3,(H2,14,15). The van der Waals surface area contributed by atoms with Crippen LogP contribution < -0.4 is 5.73 Å². The average Bonchev–Trinajstić information content (AvgIpc) is 2.76. The molecule has 3 N–H and O–H groups in total. The van der Waals surface area contributed by atoms with Gasteiger partial charge in [-0.3, -0.25) is 4.79 Å². The van der Waals surface area contributed by atoms with Crippen LogP contribution in [0.2, 0.25) is 0 Å². The molecule has 0 aromatic heterocycles. The first-order valence-electron chi connectivity index (χ1n) is 6.63. The highest BCUT2D eigenvalue weighted by Gasteiger charge is 2.42. The number of hydrogen-bond donors (Lipinski definition) is 2. The summed E-state index contributed by atoms with van der Waals surface area (Å²) in [4.78, 5) is 14.2. The highest BCUT2D eigenvalue weighted by Crippen LogP contribution is 2.44. The van der Waals surface area contributed by atoms with Gasteiger partial charge < -0.3 is 15.8 Å². The zero-order valence-electron chi connectivity index (χ0n) is 11.6. The summed E-state index contributed by atoms with van der Waals surface area (Å²) in [6, 6.07) is 0. The first-order valence-corrected chi connectivity index (χ1v) is 6.63. The maximum absolute atomic E-state index is 12.6. The Hall–Kier alpha value is -1.26. The maximum Gasteiger partial charge on any atom is 0.228 e. The smallest absolute Gasteiger partial charge is 0.228 e. The van der Waals surface area contributed by atoms with Gasteiger partial charge in [-0.25, -0.2) is 0 Å². The van der Waals surface area contributed by atoms with Gasteiger partial charge in [0.05, 0.1) is 6.54 Å². The Labute approximate surface area is 109 Å². The Bertz CT molecular complexity index is 320. The second-order valence-corrected chi connectivity index (χ2v) is 5.84. The van der Waals surface area contributed by atoms with E-state index in [1.807, 2.05) is 0 Å². The molecule has 0 aromatic carbocycles. The fourth-order valence-corrected chi connectivity index (χ4v) is 3.09. The molecule has 1 fully saturated rings. The second kappa shape index (κ2) is 6.07. The Morgan fingerprint density at radius 3 is 2.44 bits per heavy atom. The molecule has 0 aliphatic heterocycles. The van der Waals surface area contributed by atoms with Crippen LogP contribution in [0.15, 0.2) is 5.16 Å². The van der Waals surface area contributed by atoms with Crippen LogP contribution in [0.3, 0.4) is 0 Å². The minimum Gasteiger partial charge on any atom is -0.409 e. The molecule has 0 aromatic rings. The predicted octanol–water partition coefficient (Wildman–Crippen LogP) is 1.80. The molecule has 5 nitrogen and oxygen atoms in total. The average molecular weight is 255 g/mol. The van der Waals surface area contributed by atoms with E-state index in [-0.39, 0.29) is 23.7 Å². The van der Waals surface area contributed by atoms with Crippen LogP contribution in [-0.4, -0.2) is 35.4 Å². The molecule has 5 heteroatoms. The predicted molar refractivity (Wildman–Crippen MR) is 71.4 cm³/mol. The van der Waals surface area contributed by atoms with E-state index in [0.29, 0.717) is 5.92 Å². The molecule has 0 spiro atoms. The third-order valence-corrected chi connectivity index (χ3v) is 3.69. The number of amides is 1. The van der Waals surface area contributed by atoms with E-state index in [1.165, 1.54) is 0 Å². The highest BCUT2D eigenvalue weighted by molar-refractivity contribution is 5.89. The van der Waals surface area contributed by atoms with Crippen molar-refractivity contribution in [2.24, 2.45) is 22.2 Å². The number of carbonyl (C=O) groups excluding carboxylic acids is 1. The molecule has 1 aliphatic carbocycles. The van der Waals surface area contributed by atoms with E-state index in [2.05, 4.69) is 19.0 Å². The van der Waals surface area contributed by atoms with Crippen LogP contribution in [0.25, 0.3) is 0 Å². The number of nitrogens with two attached hydrogens (primary N) is 1. The minimum absolute atomic E-state index is 0.0727. The van der Waals surface area contributed by atoms with Gasteiger partial charge in [-0.2, -0.15) is 0 Å². The zero-order chi connectivity index (χ0) is 13.8. The van der Waals surface area contributed by atoms with Gasteiger partial charge in [-0.05, 0) is 25.2 Å². The fraction of sp³-hybridized carbons (Fsp3) is 0.846. The molecule has 0 radical (unpaired) electrons. The normalized spacial score (nSPS) is 19.2. The summed E-state index contributed by atoms with van der Waals surface area (Å²) >= 11 is 0.